The Labute approximate surface area is 134 Å². The maximum Gasteiger partial charge on any atom is 0.264 e. The molecule has 1 atom stereocenters. The number of likely N-dealkylation sites (tertiary alicyclic amines) is 1. The molecule has 3 rings (SSSR count). The van der Waals surface area contributed by atoms with Gasteiger partial charge in [-0.25, -0.2) is 4.98 Å². The van der Waals surface area contributed by atoms with Crippen LogP contribution >= 0.6 is 11.3 Å². The van der Waals surface area contributed by atoms with Crippen molar-refractivity contribution in [2.75, 3.05) is 13.1 Å². The van der Waals surface area contributed by atoms with E-state index in [2.05, 4.69) is 9.97 Å². The van der Waals surface area contributed by atoms with Crippen LogP contribution in [0.15, 0.2) is 23.7 Å². The minimum Gasteiger partial charge on any atom is -0.472 e. The molecule has 5 nitrogen and oxygen atoms in total. The van der Waals surface area contributed by atoms with Crippen LogP contribution in [0.5, 0.6) is 5.88 Å². The van der Waals surface area contributed by atoms with Crippen LogP contribution in [0, 0.1) is 13.8 Å². The van der Waals surface area contributed by atoms with Crippen molar-refractivity contribution in [3.05, 3.63) is 40.0 Å². The lowest BCUT2D eigenvalue weighted by Crippen LogP contribution is -2.44. The predicted octanol–water partition coefficient (Wildman–Crippen LogP) is 2.84. The minimum absolute atomic E-state index is 0.00643. The fourth-order valence-electron chi connectivity index (χ4n) is 2.59. The van der Waals surface area contributed by atoms with Crippen LogP contribution in [0.4, 0.5) is 0 Å². The van der Waals surface area contributed by atoms with Gasteiger partial charge in [-0.15, -0.1) is 11.3 Å². The van der Waals surface area contributed by atoms with Crippen molar-refractivity contribution in [1.82, 2.24) is 14.9 Å². The van der Waals surface area contributed by atoms with Gasteiger partial charge in [0.1, 0.15) is 11.9 Å². The molecule has 0 radical (unpaired) electrons. The molecule has 22 heavy (non-hydrogen) atoms. The van der Waals surface area contributed by atoms with Crippen LogP contribution in [0.25, 0.3) is 0 Å². The average molecular weight is 317 g/mol. The van der Waals surface area contributed by atoms with Gasteiger partial charge < -0.3 is 9.64 Å². The van der Waals surface area contributed by atoms with E-state index in [1.165, 1.54) is 11.3 Å². The third-order valence-corrected chi connectivity index (χ3v) is 4.68. The number of carbonyl (C=O) groups is 1. The summed E-state index contributed by atoms with van der Waals surface area (Å²) in [6.07, 6.45) is 3.58. The molecular weight excluding hydrogens is 298 g/mol. The van der Waals surface area contributed by atoms with Crippen molar-refractivity contribution in [2.24, 2.45) is 0 Å². The van der Waals surface area contributed by atoms with Gasteiger partial charge in [-0.2, -0.15) is 4.98 Å². The first-order chi connectivity index (χ1) is 10.6. The van der Waals surface area contributed by atoms with E-state index < -0.39 is 0 Å². The zero-order valence-corrected chi connectivity index (χ0v) is 13.6. The zero-order chi connectivity index (χ0) is 15.5. The fourth-order valence-corrected chi connectivity index (χ4v) is 3.45. The highest BCUT2D eigenvalue weighted by Crippen LogP contribution is 2.21. The molecule has 2 aromatic rings. The summed E-state index contributed by atoms with van der Waals surface area (Å²) in [5.41, 5.74) is 1.13. The third-order valence-electron chi connectivity index (χ3n) is 3.64. The van der Waals surface area contributed by atoms with E-state index in [0.717, 1.165) is 29.8 Å². The lowest BCUT2D eigenvalue weighted by Gasteiger charge is -2.32. The molecule has 6 heteroatoms. The van der Waals surface area contributed by atoms with Crippen LogP contribution in [0.2, 0.25) is 0 Å². The highest BCUT2D eigenvalue weighted by Gasteiger charge is 2.26. The summed E-state index contributed by atoms with van der Waals surface area (Å²) in [6, 6.07) is 3.71. The molecular formula is C16H19N3O2S. The van der Waals surface area contributed by atoms with Crippen molar-refractivity contribution in [3.8, 4) is 5.88 Å². The van der Waals surface area contributed by atoms with Crippen LogP contribution in [-0.2, 0) is 0 Å². The minimum atomic E-state index is -0.00643. The Kier molecular flexibility index (Phi) is 4.38. The van der Waals surface area contributed by atoms with Crippen LogP contribution in [0.1, 0.15) is 33.9 Å². The Morgan fingerprint density at radius 2 is 2.32 bits per heavy atom. The molecule has 1 saturated heterocycles. The van der Waals surface area contributed by atoms with Gasteiger partial charge in [-0.05, 0) is 43.7 Å². The molecule has 3 heterocycles. The quantitative estimate of drug-likeness (QED) is 0.873. The van der Waals surface area contributed by atoms with Gasteiger partial charge in [-0.1, -0.05) is 0 Å². The molecule has 0 aromatic carbocycles. The number of hydrogen-bond donors (Lipinski definition) is 0. The van der Waals surface area contributed by atoms with Gasteiger partial charge in [0.05, 0.1) is 11.4 Å². The number of ether oxygens (including phenoxy) is 1. The van der Waals surface area contributed by atoms with Crippen LogP contribution in [0.3, 0.4) is 0 Å². The number of piperidine rings is 1. The molecule has 0 N–H and O–H groups in total. The summed E-state index contributed by atoms with van der Waals surface area (Å²) in [5.74, 6) is 1.37. The summed E-state index contributed by atoms with van der Waals surface area (Å²) >= 11 is 1.51. The summed E-state index contributed by atoms with van der Waals surface area (Å²) in [6.45, 7) is 5.24. The Morgan fingerprint density at radius 3 is 3.05 bits per heavy atom. The van der Waals surface area contributed by atoms with Crippen LogP contribution in [-0.4, -0.2) is 40.0 Å². The number of nitrogens with zero attached hydrogens (tertiary/aromatic N) is 3. The average Bonchev–Trinajstić information content (AvgIpc) is 2.93. The standard InChI is InChI=1S/C16H19N3O2S/c1-11-8-14(22-10-11)16(20)19-7-3-4-13(9-19)21-15-5-6-17-12(2)18-15/h5-6,8,10,13H,3-4,7,9H2,1-2H3/t13-/m0/s1. The first-order valence-corrected chi connectivity index (χ1v) is 8.30. The molecule has 0 bridgehead atoms. The lowest BCUT2D eigenvalue weighted by molar-refractivity contribution is 0.0531. The number of carbonyl (C=O) groups excluding carboxylic acids is 1. The first-order valence-electron chi connectivity index (χ1n) is 7.42. The van der Waals surface area contributed by atoms with Gasteiger partial charge in [0, 0.05) is 18.8 Å². The zero-order valence-electron chi connectivity index (χ0n) is 12.8. The topological polar surface area (TPSA) is 55.3 Å². The molecule has 0 unspecified atom stereocenters. The van der Waals surface area contributed by atoms with Gasteiger partial charge in [0.15, 0.2) is 0 Å². The molecule has 0 saturated carbocycles. The van der Waals surface area contributed by atoms with Crippen LogP contribution < -0.4 is 4.74 Å². The van der Waals surface area contributed by atoms with Crippen molar-refractivity contribution < 1.29 is 9.53 Å². The van der Waals surface area contributed by atoms with Gasteiger partial charge in [0.2, 0.25) is 5.88 Å². The maximum absolute atomic E-state index is 12.5. The highest BCUT2D eigenvalue weighted by molar-refractivity contribution is 7.12. The summed E-state index contributed by atoms with van der Waals surface area (Å²) in [5, 5.41) is 2.01. The van der Waals surface area contributed by atoms with E-state index in [9.17, 15) is 4.79 Å². The third kappa shape index (κ3) is 3.44. The molecule has 0 aliphatic carbocycles. The van der Waals surface area contributed by atoms with E-state index in [0.29, 0.717) is 18.2 Å². The predicted molar refractivity (Wildman–Crippen MR) is 85.4 cm³/mol. The SMILES string of the molecule is Cc1csc(C(=O)N2CCC[C@H](Oc3ccnc(C)n3)C2)c1. The van der Waals surface area contributed by atoms with Gasteiger partial charge in [0.25, 0.3) is 5.91 Å². The molecule has 1 aliphatic heterocycles. The largest absolute Gasteiger partial charge is 0.472 e. The lowest BCUT2D eigenvalue weighted by atomic mass is 10.1. The van der Waals surface area contributed by atoms with Crippen molar-refractivity contribution in [3.63, 3.8) is 0 Å². The first kappa shape index (κ1) is 15.0. The van der Waals surface area contributed by atoms with E-state index in [4.69, 9.17) is 4.74 Å². The molecule has 0 spiro atoms. The molecule has 1 fully saturated rings. The van der Waals surface area contributed by atoms with E-state index in [-0.39, 0.29) is 12.0 Å². The second kappa shape index (κ2) is 6.44. The molecule has 1 aliphatic rings. The van der Waals surface area contributed by atoms with Crippen molar-refractivity contribution in [1.29, 1.82) is 0 Å². The maximum atomic E-state index is 12.5. The van der Waals surface area contributed by atoms with E-state index >= 15 is 0 Å². The second-order valence-corrected chi connectivity index (χ2v) is 6.47. The number of aromatic nitrogens is 2. The summed E-state index contributed by atoms with van der Waals surface area (Å²) in [4.78, 5) is 23.5. The summed E-state index contributed by atoms with van der Waals surface area (Å²) < 4.78 is 5.92. The monoisotopic (exact) mass is 317 g/mol. The fraction of sp³-hybridized carbons (Fsp3) is 0.438. The molecule has 2 aromatic heterocycles. The Morgan fingerprint density at radius 1 is 1.45 bits per heavy atom. The van der Waals surface area contributed by atoms with Gasteiger partial charge in [-0.3, -0.25) is 4.79 Å². The Hall–Kier alpha value is -1.95. The molecule has 1 amide bonds. The smallest absolute Gasteiger partial charge is 0.264 e. The van der Waals surface area contributed by atoms with Gasteiger partial charge >= 0.3 is 0 Å². The summed E-state index contributed by atoms with van der Waals surface area (Å²) in [7, 11) is 0. The number of aryl methyl sites for hydroxylation is 2. The number of rotatable bonds is 3. The molecule has 116 valence electrons. The van der Waals surface area contributed by atoms with Crippen molar-refractivity contribution >= 4 is 17.2 Å². The van der Waals surface area contributed by atoms with E-state index in [1.807, 2.05) is 30.2 Å². The second-order valence-electron chi connectivity index (χ2n) is 5.56. The Balaban J connectivity index is 1.65. The number of amides is 1. The number of thiophene rings is 1. The highest BCUT2D eigenvalue weighted by atomic mass is 32.1. The number of hydrogen-bond acceptors (Lipinski definition) is 5. The normalized spacial score (nSPS) is 18.3. The van der Waals surface area contributed by atoms with Crippen molar-refractivity contribution in [2.45, 2.75) is 32.8 Å². The van der Waals surface area contributed by atoms with E-state index in [1.54, 1.807) is 12.3 Å². The Bertz CT molecular complexity index is 671.